The molecule has 8 heteroatoms. The van der Waals surface area contributed by atoms with Gasteiger partial charge >= 0.3 is 6.18 Å². The van der Waals surface area contributed by atoms with Gasteiger partial charge in [0.05, 0.1) is 18.0 Å². The summed E-state index contributed by atoms with van der Waals surface area (Å²) in [5, 5.41) is 7.79. The lowest BCUT2D eigenvalue weighted by Crippen LogP contribution is -2.48. The lowest BCUT2D eigenvalue weighted by atomic mass is 9.86. The Hall–Kier alpha value is -3.29. The molecule has 0 radical (unpaired) electrons. The zero-order valence-electron chi connectivity index (χ0n) is 19.2. The quantitative estimate of drug-likeness (QED) is 0.479. The van der Waals surface area contributed by atoms with Gasteiger partial charge in [0.1, 0.15) is 0 Å². The number of benzene rings is 1. The highest BCUT2D eigenvalue weighted by Crippen LogP contribution is 2.32. The molecule has 1 aromatic carbocycles. The van der Waals surface area contributed by atoms with Crippen LogP contribution in [0.1, 0.15) is 53.4 Å². The SMILES string of the molecule is Cc1ccc(-c2ccnnc2)c(C(=O)N2CCC[C@@H](C)[C@H]2CCc2ccc(C(F)(F)F)cn2)c1. The van der Waals surface area contributed by atoms with E-state index in [0.717, 1.165) is 41.8 Å². The fourth-order valence-corrected chi connectivity index (χ4v) is 4.67. The zero-order chi connectivity index (χ0) is 24.3. The average molecular weight is 469 g/mol. The summed E-state index contributed by atoms with van der Waals surface area (Å²) in [4.78, 5) is 19.8. The third-order valence-electron chi connectivity index (χ3n) is 6.53. The Bertz CT molecular complexity index is 1130. The van der Waals surface area contributed by atoms with Gasteiger partial charge in [-0.2, -0.15) is 23.4 Å². The molecule has 4 rings (SSSR count). The summed E-state index contributed by atoms with van der Waals surface area (Å²) < 4.78 is 38.5. The van der Waals surface area contributed by atoms with Crippen LogP contribution in [-0.4, -0.2) is 38.6 Å². The van der Waals surface area contributed by atoms with Gasteiger partial charge in [-0.25, -0.2) is 0 Å². The first-order valence-electron chi connectivity index (χ1n) is 11.4. The molecular weight excluding hydrogens is 441 g/mol. The number of aromatic nitrogens is 3. The van der Waals surface area contributed by atoms with Crippen molar-refractivity contribution in [3.05, 3.63) is 77.4 Å². The molecule has 0 aliphatic carbocycles. The minimum atomic E-state index is -4.40. The maximum Gasteiger partial charge on any atom is 0.417 e. The number of rotatable bonds is 5. The third-order valence-corrected chi connectivity index (χ3v) is 6.53. The van der Waals surface area contributed by atoms with Crippen LogP contribution in [-0.2, 0) is 12.6 Å². The number of amides is 1. The van der Waals surface area contributed by atoms with Gasteiger partial charge in [-0.15, -0.1) is 0 Å². The van der Waals surface area contributed by atoms with Gasteiger partial charge in [-0.3, -0.25) is 9.78 Å². The number of nitrogens with zero attached hydrogens (tertiary/aromatic N) is 4. The van der Waals surface area contributed by atoms with Crippen LogP contribution in [0.4, 0.5) is 13.2 Å². The molecule has 1 aliphatic rings. The van der Waals surface area contributed by atoms with Gasteiger partial charge < -0.3 is 4.90 Å². The van der Waals surface area contributed by atoms with E-state index >= 15 is 0 Å². The Kier molecular flexibility index (Phi) is 6.95. The molecule has 1 saturated heterocycles. The molecule has 3 heterocycles. The van der Waals surface area contributed by atoms with Crippen molar-refractivity contribution in [2.45, 2.75) is 51.7 Å². The fraction of sp³-hybridized carbons (Fsp3) is 0.385. The Labute approximate surface area is 197 Å². The molecule has 0 unspecified atom stereocenters. The molecule has 1 fully saturated rings. The van der Waals surface area contributed by atoms with E-state index in [1.165, 1.54) is 6.07 Å². The van der Waals surface area contributed by atoms with Crippen molar-refractivity contribution in [3.8, 4) is 11.1 Å². The van der Waals surface area contributed by atoms with Crippen LogP contribution in [0.5, 0.6) is 0 Å². The summed E-state index contributed by atoms with van der Waals surface area (Å²) in [6.45, 7) is 4.74. The second-order valence-corrected chi connectivity index (χ2v) is 8.94. The van der Waals surface area contributed by atoms with Gasteiger partial charge in [-0.1, -0.05) is 24.6 Å². The number of pyridine rings is 1. The normalized spacial score (nSPS) is 18.7. The molecule has 1 aliphatic heterocycles. The van der Waals surface area contributed by atoms with Gasteiger partial charge in [0.25, 0.3) is 5.91 Å². The number of piperidine rings is 1. The van der Waals surface area contributed by atoms with Gasteiger partial charge in [0.15, 0.2) is 0 Å². The summed E-state index contributed by atoms with van der Waals surface area (Å²) >= 11 is 0. The fourth-order valence-electron chi connectivity index (χ4n) is 4.67. The van der Waals surface area contributed by atoms with E-state index in [4.69, 9.17) is 0 Å². The molecule has 3 aromatic rings. The van der Waals surface area contributed by atoms with E-state index in [9.17, 15) is 18.0 Å². The van der Waals surface area contributed by atoms with E-state index in [1.54, 1.807) is 12.4 Å². The minimum Gasteiger partial charge on any atom is -0.335 e. The Balaban J connectivity index is 1.57. The first-order chi connectivity index (χ1) is 16.2. The number of hydrogen-bond donors (Lipinski definition) is 0. The van der Waals surface area contributed by atoms with E-state index in [1.807, 2.05) is 36.1 Å². The molecule has 1 amide bonds. The van der Waals surface area contributed by atoms with Crippen molar-refractivity contribution in [1.29, 1.82) is 0 Å². The van der Waals surface area contributed by atoms with Crippen LogP contribution in [0.25, 0.3) is 11.1 Å². The average Bonchev–Trinajstić information content (AvgIpc) is 2.83. The van der Waals surface area contributed by atoms with Crippen molar-refractivity contribution in [3.63, 3.8) is 0 Å². The smallest absolute Gasteiger partial charge is 0.335 e. The lowest BCUT2D eigenvalue weighted by molar-refractivity contribution is -0.137. The topological polar surface area (TPSA) is 59.0 Å². The number of carbonyl (C=O) groups excluding carboxylic acids is 1. The van der Waals surface area contributed by atoms with Crippen molar-refractivity contribution in [2.75, 3.05) is 6.54 Å². The van der Waals surface area contributed by atoms with Crippen molar-refractivity contribution < 1.29 is 18.0 Å². The molecule has 178 valence electrons. The molecule has 2 atom stereocenters. The summed E-state index contributed by atoms with van der Waals surface area (Å²) in [6.07, 6.45) is 2.80. The second-order valence-electron chi connectivity index (χ2n) is 8.94. The zero-order valence-corrected chi connectivity index (χ0v) is 19.2. The van der Waals surface area contributed by atoms with Gasteiger partial charge in [-0.05, 0) is 68.4 Å². The molecule has 5 nitrogen and oxygen atoms in total. The molecule has 0 spiro atoms. The number of carbonyl (C=O) groups is 1. The third kappa shape index (κ3) is 5.26. The van der Waals surface area contributed by atoms with Crippen LogP contribution in [0.2, 0.25) is 0 Å². The Morgan fingerprint density at radius 2 is 1.94 bits per heavy atom. The summed E-state index contributed by atoms with van der Waals surface area (Å²) in [7, 11) is 0. The highest BCUT2D eigenvalue weighted by Gasteiger charge is 2.34. The van der Waals surface area contributed by atoms with Crippen LogP contribution in [0.3, 0.4) is 0 Å². The van der Waals surface area contributed by atoms with E-state index in [-0.39, 0.29) is 17.9 Å². The number of halogens is 3. The molecular formula is C26H27F3N4O. The van der Waals surface area contributed by atoms with Gasteiger partial charge in [0.2, 0.25) is 0 Å². The van der Waals surface area contributed by atoms with Crippen molar-refractivity contribution in [2.24, 2.45) is 5.92 Å². The highest BCUT2D eigenvalue weighted by molar-refractivity contribution is 6.01. The summed E-state index contributed by atoms with van der Waals surface area (Å²) in [5.41, 5.74) is 3.10. The standard InChI is InChI=1S/C26H27F3N4O/c1-17-5-9-22(19-11-12-31-32-15-19)23(14-17)25(34)33-13-3-4-18(2)24(33)10-8-21-7-6-20(16-30-21)26(27,28)29/h5-7,9,11-12,14-16,18,24H,3-4,8,10,13H2,1-2H3/t18-,24-/m1/s1. The van der Waals surface area contributed by atoms with Crippen LogP contribution in [0, 0.1) is 12.8 Å². The molecule has 0 N–H and O–H groups in total. The van der Waals surface area contributed by atoms with Gasteiger partial charge in [0, 0.05) is 35.6 Å². The van der Waals surface area contributed by atoms with E-state index < -0.39 is 11.7 Å². The maximum atomic E-state index is 13.8. The molecule has 0 saturated carbocycles. The predicted octanol–water partition coefficient (Wildman–Crippen LogP) is 5.74. The van der Waals surface area contributed by atoms with Crippen LogP contribution >= 0.6 is 0 Å². The summed E-state index contributed by atoms with van der Waals surface area (Å²) in [5.74, 6) is 0.246. The van der Waals surface area contributed by atoms with Crippen molar-refractivity contribution >= 4 is 5.91 Å². The Morgan fingerprint density at radius 1 is 1.12 bits per heavy atom. The molecule has 2 aromatic heterocycles. The monoisotopic (exact) mass is 468 g/mol. The van der Waals surface area contributed by atoms with Crippen molar-refractivity contribution in [1.82, 2.24) is 20.1 Å². The number of aryl methyl sites for hydroxylation is 2. The molecule has 34 heavy (non-hydrogen) atoms. The lowest BCUT2D eigenvalue weighted by Gasteiger charge is -2.40. The highest BCUT2D eigenvalue weighted by atomic mass is 19.4. The van der Waals surface area contributed by atoms with Crippen LogP contribution < -0.4 is 0 Å². The van der Waals surface area contributed by atoms with E-state index in [0.29, 0.717) is 30.6 Å². The minimum absolute atomic E-state index is 0.0192. The largest absolute Gasteiger partial charge is 0.417 e. The first kappa shape index (κ1) is 23.9. The van der Waals surface area contributed by atoms with Crippen LogP contribution in [0.15, 0.2) is 55.0 Å². The molecule has 0 bridgehead atoms. The number of alkyl halides is 3. The second kappa shape index (κ2) is 9.91. The predicted molar refractivity (Wildman–Crippen MR) is 123 cm³/mol. The number of likely N-dealkylation sites (tertiary alicyclic amines) is 1. The maximum absolute atomic E-state index is 13.8. The Morgan fingerprint density at radius 3 is 2.62 bits per heavy atom. The first-order valence-corrected chi connectivity index (χ1v) is 11.4. The number of hydrogen-bond acceptors (Lipinski definition) is 4. The van der Waals surface area contributed by atoms with E-state index in [2.05, 4.69) is 22.1 Å². The summed E-state index contributed by atoms with van der Waals surface area (Å²) in [6, 6.07) is 10.1.